The van der Waals surface area contributed by atoms with E-state index in [9.17, 15) is 9.59 Å². The molecule has 0 spiro atoms. The molecule has 21 heavy (non-hydrogen) atoms. The number of rotatable bonds is 3. The van der Waals surface area contributed by atoms with E-state index in [0.717, 1.165) is 27.4 Å². The lowest BCUT2D eigenvalue weighted by atomic mass is 10.1. The van der Waals surface area contributed by atoms with E-state index < -0.39 is 0 Å². The number of fused-ring (bicyclic) bond motifs is 1. The van der Waals surface area contributed by atoms with Crippen molar-refractivity contribution in [2.75, 3.05) is 6.26 Å². The summed E-state index contributed by atoms with van der Waals surface area (Å²) in [6, 6.07) is 0. The molecule has 6 nitrogen and oxygen atoms in total. The number of nitrogens with zero attached hydrogens (tertiary/aromatic N) is 2. The summed E-state index contributed by atoms with van der Waals surface area (Å²) < 4.78 is 1.93. The number of hydrazine groups is 1. The smallest absolute Gasteiger partial charge is 0.271 e. The highest BCUT2D eigenvalue weighted by Crippen LogP contribution is 2.46. The lowest BCUT2D eigenvalue weighted by Crippen LogP contribution is -2.40. The maximum absolute atomic E-state index is 12.2. The number of thiazole rings is 1. The SMILES string of the molecule is CSc1nc2ncc(C(=O)NNC(C)=O)c(C3CC3)c2s1. The summed E-state index contributed by atoms with van der Waals surface area (Å²) in [5.74, 6) is -0.253. The van der Waals surface area contributed by atoms with E-state index in [1.54, 1.807) is 29.3 Å². The fourth-order valence-corrected chi connectivity index (χ4v) is 3.78. The zero-order chi connectivity index (χ0) is 15.0. The van der Waals surface area contributed by atoms with Crippen LogP contribution in [0.5, 0.6) is 0 Å². The molecule has 2 heterocycles. The lowest BCUT2D eigenvalue weighted by Gasteiger charge is -2.09. The Morgan fingerprint density at radius 1 is 1.38 bits per heavy atom. The number of nitrogens with one attached hydrogen (secondary N) is 2. The molecule has 1 saturated carbocycles. The average molecular weight is 322 g/mol. The lowest BCUT2D eigenvalue weighted by molar-refractivity contribution is -0.119. The zero-order valence-corrected chi connectivity index (χ0v) is 13.2. The Morgan fingerprint density at radius 3 is 2.76 bits per heavy atom. The topological polar surface area (TPSA) is 84.0 Å². The fourth-order valence-electron chi connectivity index (χ4n) is 2.13. The minimum atomic E-state index is -0.333. The van der Waals surface area contributed by atoms with Crippen molar-refractivity contribution in [3.05, 3.63) is 17.3 Å². The third-order valence-corrected chi connectivity index (χ3v) is 5.26. The van der Waals surface area contributed by atoms with Crippen molar-refractivity contribution < 1.29 is 9.59 Å². The van der Waals surface area contributed by atoms with Gasteiger partial charge in [0.2, 0.25) is 5.91 Å². The van der Waals surface area contributed by atoms with Crippen LogP contribution in [0.25, 0.3) is 10.3 Å². The molecular weight excluding hydrogens is 308 g/mol. The van der Waals surface area contributed by atoms with E-state index in [2.05, 4.69) is 20.8 Å². The number of hydrogen-bond donors (Lipinski definition) is 2. The molecule has 0 saturated heterocycles. The number of carbonyl (C=O) groups excluding carboxylic acids is 2. The monoisotopic (exact) mass is 322 g/mol. The molecule has 0 bridgehead atoms. The van der Waals surface area contributed by atoms with Gasteiger partial charge in [0.05, 0.1) is 10.3 Å². The van der Waals surface area contributed by atoms with Crippen LogP contribution in [0.2, 0.25) is 0 Å². The van der Waals surface area contributed by atoms with Crippen molar-refractivity contribution in [2.45, 2.75) is 30.0 Å². The van der Waals surface area contributed by atoms with Crippen molar-refractivity contribution in [1.29, 1.82) is 0 Å². The van der Waals surface area contributed by atoms with Gasteiger partial charge in [-0.25, -0.2) is 9.97 Å². The average Bonchev–Trinajstić information content (AvgIpc) is 3.21. The van der Waals surface area contributed by atoms with Gasteiger partial charge >= 0.3 is 0 Å². The molecular formula is C13H14N4O2S2. The molecule has 2 aromatic heterocycles. The standard InChI is InChI=1S/C13H14N4O2S2/c1-6(18)16-17-12(19)8-5-14-11-10(9(8)7-3-4-7)21-13(15-11)20-2/h5,7H,3-4H2,1-2H3,(H,16,18)(H,17,19). The molecule has 0 aliphatic heterocycles. The van der Waals surface area contributed by atoms with Crippen LogP contribution in [-0.2, 0) is 4.79 Å². The molecule has 2 N–H and O–H groups in total. The molecule has 1 fully saturated rings. The summed E-state index contributed by atoms with van der Waals surface area (Å²) in [7, 11) is 0. The Hall–Kier alpha value is -1.67. The van der Waals surface area contributed by atoms with Gasteiger partial charge in [-0.15, -0.1) is 11.3 Å². The second-order valence-corrected chi connectivity index (χ2v) is 6.88. The summed E-state index contributed by atoms with van der Waals surface area (Å²) in [5.41, 5.74) is 6.95. The van der Waals surface area contributed by atoms with Gasteiger partial charge < -0.3 is 0 Å². The highest BCUT2D eigenvalue weighted by atomic mass is 32.2. The molecule has 0 unspecified atom stereocenters. The van der Waals surface area contributed by atoms with Gasteiger partial charge in [-0.2, -0.15) is 0 Å². The first kappa shape index (κ1) is 14.3. The van der Waals surface area contributed by atoms with Crippen molar-refractivity contribution >= 4 is 45.3 Å². The maximum atomic E-state index is 12.2. The zero-order valence-electron chi connectivity index (χ0n) is 11.6. The summed E-state index contributed by atoms with van der Waals surface area (Å²) in [6.07, 6.45) is 5.67. The van der Waals surface area contributed by atoms with Crippen LogP contribution in [0.15, 0.2) is 10.5 Å². The first-order valence-corrected chi connectivity index (χ1v) is 8.54. The maximum Gasteiger partial charge on any atom is 0.271 e. The van der Waals surface area contributed by atoms with Crippen LogP contribution < -0.4 is 10.9 Å². The Morgan fingerprint density at radius 2 is 2.14 bits per heavy atom. The minimum Gasteiger partial charge on any atom is -0.274 e. The van der Waals surface area contributed by atoms with Crippen molar-refractivity contribution in [1.82, 2.24) is 20.8 Å². The van der Waals surface area contributed by atoms with Gasteiger partial charge in [0.15, 0.2) is 9.99 Å². The highest BCUT2D eigenvalue weighted by molar-refractivity contribution is 8.00. The minimum absolute atomic E-state index is 0.312. The van der Waals surface area contributed by atoms with Crippen LogP contribution in [0, 0.1) is 0 Å². The summed E-state index contributed by atoms with van der Waals surface area (Å²) in [4.78, 5) is 31.9. The fraction of sp³-hybridized carbons (Fsp3) is 0.385. The first-order chi connectivity index (χ1) is 10.1. The third kappa shape index (κ3) is 2.86. The summed E-state index contributed by atoms with van der Waals surface area (Å²) >= 11 is 3.14. The van der Waals surface area contributed by atoms with E-state index in [4.69, 9.17) is 0 Å². The predicted molar refractivity (Wildman–Crippen MR) is 82.5 cm³/mol. The van der Waals surface area contributed by atoms with E-state index in [1.165, 1.54) is 6.92 Å². The third-order valence-electron chi connectivity index (χ3n) is 3.20. The number of thioether (sulfide) groups is 1. The summed E-state index contributed by atoms with van der Waals surface area (Å²) in [6.45, 7) is 1.34. The molecule has 0 radical (unpaired) electrons. The second kappa shape index (κ2) is 5.61. The van der Waals surface area contributed by atoms with Gasteiger partial charge in [0.1, 0.15) is 0 Å². The number of hydrogen-bond acceptors (Lipinski definition) is 6. The highest BCUT2D eigenvalue weighted by Gasteiger charge is 2.31. The number of aromatic nitrogens is 2. The number of amides is 2. The first-order valence-electron chi connectivity index (χ1n) is 6.50. The van der Waals surface area contributed by atoms with E-state index >= 15 is 0 Å². The van der Waals surface area contributed by atoms with Crippen molar-refractivity contribution in [2.24, 2.45) is 0 Å². The molecule has 8 heteroatoms. The van der Waals surface area contributed by atoms with E-state index in [0.29, 0.717) is 17.1 Å². The summed E-state index contributed by atoms with van der Waals surface area (Å²) in [5, 5.41) is 0. The molecule has 1 aliphatic carbocycles. The molecule has 3 rings (SSSR count). The Labute approximate surface area is 129 Å². The van der Waals surface area contributed by atoms with Crippen LogP contribution in [-0.4, -0.2) is 28.0 Å². The number of pyridine rings is 1. The van der Waals surface area contributed by atoms with Crippen molar-refractivity contribution in [3.63, 3.8) is 0 Å². The molecule has 2 amide bonds. The predicted octanol–water partition coefficient (Wildman–Crippen LogP) is 2.07. The quantitative estimate of drug-likeness (QED) is 0.667. The van der Waals surface area contributed by atoms with Gasteiger partial charge in [-0.1, -0.05) is 11.8 Å². The van der Waals surface area contributed by atoms with E-state index in [-0.39, 0.29) is 11.8 Å². The van der Waals surface area contributed by atoms with Gasteiger partial charge in [0, 0.05) is 13.1 Å². The molecule has 0 aromatic carbocycles. The van der Waals surface area contributed by atoms with Gasteiger partial charge in [0.25, 0.3) is 5.91 Å². The normalized spacial score (nSPS) is 14.2. The largest absolute Gasteiger partial charge is 0.274 e. The molecule has 0 atom stereocenters. The molecule has 110 valence electrons. The van der Waals surface area contributed by atoms with Crippen molar-refractivity contribution in [3.8, 4) is 0 Å². The number of carbonyl (C=O) groups is 2. The molecule has 2 aromatic rings. The van der Waals surface area contributed by atoms with E-state index in [1.807, 2.05) is 6.26 Å². The van der Waals surface area contributed by atoms with Crippen LogP contribution >= 0.6 is 23.1 Å². The Kier molecular flexibility index (Phi) is 3.81. The van der Waals surface area contributed by atoms with Crippen LogP contribution in [0.4, 0.5) is 0 Å². The van der Waals surface area contributed by atoms with Crippen LogP contribution in [0.3, 0.4) is 0 Å². The van der Waals surface area contributed by atoms with Crippen LogP contribution in [0.1, 0.15) is 41.6 Å². The second-order valence-electron chi connectivity index (χ2n) is 4.83. The Balaban J connectivity index is 2.03. The van der Waals surface area contributed by atoms with Gasteiger partial charge in [-0.3, -0.25) is 20.4 Å². The van der Waals surface area contributed by atoms with Gasteiger partial charge in [-0.05, 0) is 30.6 Å². The Bertz CT molecular complexity index is 724. The molecule has 1 aliphatic rings.